The zero-order valence-corrected chi connectivity index (χ0v) is 7.28. The topological polar surface area (TPSA) is 63.6 Å². The third-order valence-electron chi connectivity index (χ3n) is 1.58. The van der Waals surface area contributed by atoms with Crippen molar-refractivity contribution in [2.75, 3.05) is 7.11 Å². The molecule has 0 spiro atoms. The number of esters is 1. The summed E-state index contributed by atoms with van der Waals surface area (Å²) < 4.78 is 16.7. The summed E-state index contributed by atoms with van der Waals surface area (Å²) in [4.78, 5) is 21.9. The van der Waals surface area contributed by atoms with Gasteiger partial charge in [0.1, 0.15) is 11.6 Å². The van der Waals surface area contributed by atoms with Crippen LogP contribution in [0.3, 0.4) is 0 Å². The van der Waals surface area contributed by atoms with Crippen molar-refractivity contribution in [3.63, 3.8) is 0 Å². The second-order valence-corrected chi connectivity index (χ2v) is 2.48. The molecule has 0 aliphatic rings. The van der Waals surface area contributed by atoms with Crippen molar-refractivity contribution in [2.45, 2.75) is 0 Å². The highest BCUT2D eigenvalue weighted by molar-refractivity contribution is 6.41. The molecular weight excluding hydrogens is 191 g/mol. The Bertz CT molecular complexity index is 386. The molecule has 0 radical (unpaired) electrons. The first kappa shape index (κ1) is 10.2. The molecule has 0 saturated carbocycles. The lowest BCUT2D eigenvalue weighted by atomic mass is 10.1. The van der Waals surface area contributed by atoms with Gasteiger partial charge in [-0.05, 0) is 12.1 Å². The van der Waals surface area contributed by atoms with Crippen LogP contribution in [0.1, 0.15) is 10.4 Å². The molecule has 1 rings (SSSR count). The van der Waals surface area contributed by atoms with E-state index in [1.807, 2.05) is 0 Å². The van der Waals surface area contributed by atoms with Crippen LogP contribution < -0.4 is 0 Å². The maximum Gasteiger partial charge on any atom is 0.379 e. The minimum absolute atomic E-state index is 0.279. The first-order valence-corrected chi connectivity index (χ1v) is 3.67. The number of Topliss-reactive ketones (excluding diaryl/α,β-unsaturated/α-hetero) is 1. The molecule has 0 amide bonds. The normalized spacial score (nSPS) is 9.57. The average molecular weight is 198 g/mol. The van der Waals surface area contributed by atoms with Crippen LogP contribution in [0.5, 0.6) is 5.75 Å². The van der Waals surface area contributed by atoms with E-state index in [9.17, 15) is 14.0 Å². The molecule has 0 unspecified atom stereocenters. The quantitative estimate of drug-likeness (QED) is 0.435. The number of hydrogen-bond donors (Lipinski definition) is 1. The number of rotatable bonds is 2. The zero-order valence-electron chi connectivity index (χ0n) is 7.28. The van der Waals surface area contributed by atoms with Crippen LogP contribution in [0, 0.1) is 5.82 Å². The molecule has 14 heavy (non-hydrogen) atoms. The maximum atomic E-state index is 12.5. The first-order valence-electron chi connectivity index (χ1n) is 3.67. The molecule has 1 aromatic carbocycles. The molecule has 0 fully saturated rings. The molecule has 0 aliphatic carbocycles. The molecule has 4 nitrogen and oxygen atoms in total. The third-order valence-corrected chi connectivity index (χ3v) is 1.58. The fourth-order valence-electron chi connectivity index (χ4n) is 0.899. The number of ether oxygens (including phenoxy) is 1. The lowest BCUT2D eigenvalue weighted by Crippen LogP contribution is -2.15. The van der Waals surface area contributed by atoms with Crippen LogP contribution in [-0.2, 0) is 9.53 Å². The molecule has 0 bridgehead atoms. The largest absolute Gasteiger partial charge is 0.507 e. The lowest BCUT2D eigenvalue weighted by Gasteiger charge is -2.01. The SMILES string of the molecule is COC(=O)C(=O)c1ccc(F)cc1O. The summed E-state index contributed by atoms with van der Waals surface area (Å²) in [5.41, 5.74) is -0.279. The Balaban J connectivity index is 3.08. The zero-order chi connectivity index (χ0) is 10.7. The Hall–Kier alpha value is -1.91. The monoisotopic (exact) mass is 198 g/mol. The number of ketones is 1. The smallest absolute Gasteiger partial charge is 0.379 e. The van der Waals surface area contributed by atoms with Gasteiger partial charge in [-0.2, -0.15) is 0 Å². The summed E-state index contributed by atoms with van der Waals surface area (Å²) in [6, 6.07) is 2.73. The van der Waals surface area contributed by atoms with Gasteiger partial charge in [-0.25, -0.2) is 9.18 Å². The molecule has 0 aliphatic heterocycles. The minimum Gasteiger partial charge on any atom is -0.507 e. The van der Waals surface area contributed by atoms with Crippen LogP contribution in [-0.4, -0.2) is 24.0 Å². The van der Waals surface area contributed by atoms with Crippen molar-refractivity contribution in [3.8, 4) is 5.75 Å². The highest BCUT2D eigenvalue weighted by Gasteiger charge is 2.20. The van der Waals surface area contributed by atoms with Crippen LogP contribution in [0.25, 0.3) is 0 Å². The molecule has 74 valence electrons. The van der Waals surface area contributed by atoms with Crippen LogP contribution in [0.2, 0.25) is 0 Å². The Morgan fingerprint density at radius 3 is 2.57 bits per heavy atom. The van der Waals surface area contributed by atoms with Gasteiger partial charge in [0.25, 0.3) is 5.78 Å². The Morgan fingerprint density at radius 2 is 2.07 bits per heavy atom. The molecule has 0 heterocycles. The average Bonchev–Trinajstić information content (AvgIpc) is 2.15. The highest BCUT2D eigenvalue weighted by atomic mass is 19.1. The summed E-state index contributed by atoms with van der Waals surface area (Å²) in [5.74, 6) is -3.39. The summed E-state index contributed by atoms with van der Waals surface area (Å²) in [6.45, 7) is 0. The van der Waals surface area contributed by atoms with E-state index in [2.05, 4.69) is 4.74 Å². The van der Waals surface area contributed by atoms with E-state index in [1.54, 1.807) is 0 Å². The predicted octanol–water partition coefficient (Wildman–Crippen LogP) is 0.887. The molecule has 1 N–H and O–H groups in total. The maximum absolute atomic E-state index is 12.5. The van der Waals surface area contributed by atoms with Crippen molar-refractivity contribution in [1.82, 2.24) is 0 Å². The number of hydrogen-bond acceptors (Lipinski definition) is 4. The Morgan fingerprint density at radius 1 is 1.43 bits per heavy atom. The van der Waals surface area contributed by atoms with Crippen LogP contribution >= 0.6 is 0 Å². The van der Waals surface area contributed by atoms with Gasteiger partial charge in [-0.1, -0.05) is 0 Å². The van der Waals surface area contributed by atoms with Gasteiger partial charge in [0.05, 0.1) is 12.7 Å². The van der Waals surface area contributed by atoms with Gasteiger partial charge in [0.2, 0.25) is 0 Å². The van der Waals surface area contributed by atoms with Crippen molar-refractivity contribution < 1.29 is 23.8 Å². The van der Waals surface area contributed by atoms with Crippen molar-refractivity contribution in [3.05, 3.63) is 29.6 Å². The van der Waals surface area contributed by atoms with Crippen molar-refractivity contribution in [2.24, 2.45) is 0 Å². The number of halogens is 1. The van der Waals surface area contributed by atoms with E-state index in [4.69, 9.17) is 5.11 Å². The van der Waals surface area contributed by atoms with Gasteiger partial charge in [-0.15, -0.1) is 0 Å². The van der Waals surface area contributed by atoms with Gasteiger partial charge in [-0.3, -0.25) is 4.79 Å². The summed E-state index contributed by atoms with van der Waals surface area (Å²) >= 11 is 0. The second kappa shape index (κ2) is 3.87. The van der Waals surface area contributed by atoms with Crippen LogP contribution in [0.15, 0.2) is 18.2 Å². The number of carbonyl (C=O) groups is 2. The van der Waals surface area contributed by atoms with E-state index >= 15 is 0 Å². The number of benzene rings is 1. The second-order valence-electron chi connectivity index (χ2n) is 2.48. The fourth-order valence-corrected chi connectivity index (χ4v) is 0.899. The van der Waals surface area contributed by atoms with E-state index in [0.29, 0.717) is 0 Å². The number of methoxy groups -OCH3 is 1. The van der Waals surface area contributed by atoms with E-state index < -0.39 is 23.3 Å². The molecule has 0 aromatic heterocycles. The van der Waals surface area contributed by atoms with Gasteiger partial charge in [0.15, 0.2) is 0 Å². The number of phenols is 1. The van der Waals surface area contributed by atoms with Crippen molar-refractivity contribution in [1.29, 1.82) is 0 Å². The van der Waals surface area contributed by atoms with Gasteiger partial charge < -0.3 is 9.84 Å². The third kappa shape index (κ3) is 1.87. The predicted molar refractivity (Wildman–Crippen MR) is 44.4 cm³/mol. The van der Waals surface area contributed by atoms with Gasteiger partial charge >= 0.3 is 5.97 Å². The molecular formula is C9H7FO4. The minimum atomic E-state index is -1.10. The van der Waals surface area contributed by atoms with E-state index in [1.165, 1.54) is 0 Å². The summed E-state index contributed by atoms with van der Waals surface area (Å²) in [5, 5.41) is 9.14. The molecule has 0 atom stereocenters. The van der Waals surface area contributed by atoms with E-state index in [0.717, 1.165) is 25.3 Å². The first-order chi connectivity index (χ1) is 6.56. The van der Waals surface area contributed by atoms with Crippen LogP contribution in [0.4, 0.5) is 4.39 Å². The Labute approximate surface area is 78.9 Å². The standard InChI is InChI=1S/C9H7FO4/c1-14-9(13)8(12)6-3-2-5(10)4-7(6)11/h2-4,11H,1H3. The Kier molecular flexibility index (Phi) is 2.81. The fraction of sp³-hybridized carbons (Fsp3) is 0.111. The number of carbonyl (C=O) groups excluding carboxylic acids is 2. The van der Waals surface area contributed by atoms with Gasteiger partial charge in [0, 0.05) is 6.07 Å². The molecule has 0 saturated heterocycles. The summed E-state index contributed by atoms with van der Waals surface area (Å²) in [7, 11) is 1.04. The number of aromatic hydroxyl groups is 1. The van der Waals surface area contributed by atoms with E-state index in [-0.39, 0.29) is 5.56 Å². The van der Waals surface area contributed by atoms with Crippen molar-refractivity contribution >= 4 is 11.8 Å². The number of phenolic OH excluding ortho intramolecular Hbond substituents is 1. The summed E-state index contributed by atoms with van der Waals surface area (Å²) in [6.07, 6.45) is 0. The lowest BCUT2D eigenvalue weighted by molar-refractivity contribution is -0.135. The highest BCUT2D eigenvalue weighted by Crippen LogP contribution is 2.18. The molecule has 5 heteroatoms. The molecule has 1 aromatic rings.